The molecule has 0 fully saturated rings. The zero-order chi connectivity index (χ0) is 21.6. The van der Waals surface area contributed by atoms with Gasteiger partial charge in [0.05, 0.1) is 42.3 Å². The van der Waals surface area contributed by atoms with Crippen LogP contribution >= 0.6 is 0 Å². The fourth-order valence-corrected chi connectivity index (χ4v) is 2.12. The second kappa shape index (κ2) is 14.9. The molecule has 0 aromatic carbocycles. The SMILES string of the molecule is CC(O)C[N+](C)(C)C.CC(O)C[N+](C)(C)C.O=C([O-])CCCCC(=O)[O-]. The topological polar surface area (TPSA) is 121 Å². The first-order valence-electron chi connectivity index (χ1n) is 8.83. The second-order valence-corrected chi connectivity index (χ2v) is 8.59. The smallest absolute Gasteiger partial charge is 0.104 e. The summed E-state index contributed by atoms with van der Waals surface area (Å²) in [5, 5.41) is 37.3. The Morgan fingerprint density at radius 1 is 0.731 bits per heavy atom. The molecule has 0 aromatic rings. The zero-order valence-electron chi connectivity index (χ0n) is 17.8. The van der Waals surface area contributed by atoms with Gasteiger partial charge >= 0.3 is 0 Å². The molecule has 0 spiro atoms. The fourth-order valence-electron chi connectivity index (χ4n) is 2.12. The number of carboxylic acids is 2. The van der Waals surface area contributed by atoms with Gasteiger partial charge in [0.25, 0.3) is 0 Å². The lowest BCUT2D eigenvalue weighted by molar-refractivity contribution is -0.873. The van der Waals surface area contributed by atoms with Crippen molar-refractivity contribution in [3.8, 4) is 0 Å². The summed E-state index contributed by atoms with van der Waals surface area (Å²) in [6.45, 7) is 5.26. The molecule has 8 nitrogen and oxygen atoms in total. The lowest BCUT2D eigenvalue weighted by atomic mass is 10.2. The monoisotopic (exact) mass is 380 g/mol. The van der Waals surface area contributed by atoms with Gasteiger partial charge in [-0.05, 0) is 39.5 Å². The van der Waals surface area contributed by atoms with Gasteiger partial charge in [-0.3, -0.25) is 0 Å². The van der Waals surface area contributed by atoms with Crippen LogP contribution in [0.1, 0.15) is 39.5 Å². The molecule has 2 atom stereocenters. The van der Waals surface area contributed by atoms with E-state index in [-0.39, 0.29) is 25.0 Å². The highest BCUT2D eigenvalue weighted by Crippen LogP contribution is 1.97. The molecule has 2 unspecified atom stereocenters. The third kappa shape index (κ3) is 43.4. The molecule has 0 radical (unpaired) electrons. The number of carbonyl (C=O) groups excluding carboxylic acids is 2. The minimum Gasteiger partial charge on any atom is -0.550 e. The van der Waals surface area contributed by atoms with Crippen LogP contribution in [-0.4, -0.2) is 98.7 Å². The fraction of sp³-hybridized carbons (Fsp3) is 0.889. The number of carboxylic acid groups (broad SMARTS) is 2. The van der Waals surface area contributed by atoms with Crippen molar-refractivity contribution in [2.45, 2.75) is 51.7 Å². The quantitative estimate of drug-likeness (QED) is 0.359. The summed E-state index contributed by atoms with van der Waals surface area (Å²) >= 11 is 0. The predicted octanol–water partition coefficient (Wildman–Crippen LogP) is -1.81. The van der Waals surface area contributed by atoms with Crippen molar-refractivity contribution >= 4 is 11.9 Å². The second-order valence-electron chi connectivity index (χ2n) is 8.59. The maximum Gasteiger partial charge on any atom is 0.104 e. The average Bonchev–Trinajstić information content (AvgIpc) is 2.29. The molecule has 2 N–H and O–H groups in total. The Hall–Kier alpha value is -1.22. The van der Waals surface area contributed by atoms with Gasteiger partial charge in [-0.1, -0.05) is 0 Å². The lowest BCUT2D eigenvalue weighted by Gasteiger charge is -2.24. The summed E-state index contributed by atoms with van der Waals surface area (Å²) in [5.41, 5.74) is 0. The van der Waals surface area contributed by atoms with Crippen LogP contribution in [0.2, 0.25) is 0 Å². The lowest BCUT2D eigenvalue weighted by Crippen LogP contribution is -2.40. The summed E-state index contributed by atoms with van der Waals surface area (Å²) in [6, 6.07) is 0. The number of aliphatic hydroxyl groups is 2. The number of hydrogen-bond acceptors (Lipinski definition) is 6. The minimum absolute atomic E-state index is 0.0761. The van der Waals surface area contributed by atoms with Crippen LogP contribution in [0, 0.1) is 0 Å². The van der Waals surface area contributed by atoms with E-state index < -0.39 is 11.9 Å². The van der Waals surface area contributed by atoms with Gasteiger partial charge in [0.2, 0.25) is 0 Å². The van der Waals surface area contributed by atoms with Crippen molar-refractivity contribution in [3.63, 3.8) is 0 Å². The van der Waals surface area contributed by atoms with E-state index in [0.717, 1.165) is 22.1 Å². The summed E-state index contributed by atoms with van der Waals surface area (Å²) in [5.74, 6) is -2.28. The molecule has 26 heavy (non-hydrogen) atoms. The van der Waals surface area contributed by atoms with Crippen molar-refractivity contribution in [1.82, 2.24) is 0 Å². The Labute approximate surface area is 158 Å². The Balaban J connectivity index is -0.000000308. The normalized spacial score (nSPS) is 13.5. The van der Waals surface area contributed by atoms with E-state index in [2.05, 4.69) is 42.3 Å². The van der Waals surface area contributed by atoms with Gasteiger partial charge in [0.1, 0.15) is 25.3 Å². The molecule has 0 bridgehead atoms. The number of likely N-dealkylation sites (N-methyl/N-ethyl adjacent to an activating group) is 2. The first kappa shape index (κ1) is 29.5. The molecular formula is C18H40N2O6. The summed E-state index contributed by atoms with van der Waals surface area (Å²) < 4.78 is 1.66. The zero-order valence-corrected chi connectivity index (χ0v) is 17.8. The van der Waals surface area contributed by atoms with Gasteiger partial charge in [-0.25, -0.2) is 0 Å². The highest BCUT2D eigenvalue weighted by Gasteiger charge is 2.10. The maximum atomic E-state index is 9.77. The Morgan fingerprint density at radius 3 is 1.04 bits per heavy atom. The minimum atomic E-state index is -1.14. The van der Waals surface area contributed by atoms with E-state index in [1.807, 2.05) is 13.8 Å². The van der Waals surface area contributed by atoms with Crippen LogP contribution in [-0.2, 0) is 9.59 Å². The number of aliphatic carboxylic acids is 2. The predicted molar refractivity (Wildman–Crippen MR) is 97.6 cm³/mol. The number of hydrogen-bond donors (Lipinski definition) is 2. The molecule has 0 aliphatic rings. The van der Waals surface area contributed by atoms with Gasteiger partial charge in [-0.15, -0.1) is 0 Å². The van der Waals surface area contributed by atoms with E-state index in [4.69, 9.17) is 10.2 Å². The number of nitrogens with zero attached hydrogens (tertiary/aromatic N) is 2. The van der Waals surface area contributed by atoms with Crippen LogP contribution in [0.3, 0.4) is 0 Å². The van der Waals surface area contributed by atoms with E-state index >= 15 is 0 Å². The number of aliphatic hydroxyl groups excluding tert-OH is 2. The van der Waals surface area contributed by atoms with Crippen molar-refractivity contribution in [2.75, 3.05) is 55.4 Å². The summed E-state index contributed by atoms with van der Waals surface area (Å²) in [7, 11) is 12.4. The number of quaternary nitrogens is 2. The van der Waals surface area contributed by atoms with Crippen LogP contribution in [0.5, 0.6) is 0 Å². The summed E-state index contributed by atoms with van der Waals surface area (Å²) in [4.78, 5) is 19.5. The van der Waals surface area contributed by atoms with Crippen LogP contribution in [0.4, 0.5) is 0 Å². The number of rotatable bonds is 9. The maximum absolute atomic E-state index is 9.77. The van der Waals surface area contributed by atoms with E-state index in [1.54, 1.807) is 0 Å². The number of unbranched alkanes of at least 4 members (excludes halogenated alkanes) is 1. The molecule has 0 saturated carbocycles. The molecule has 8 heteroatoms. The molecule has 0 aromatic heterocycles. The molecule has 0 aliphatic carbocycles. The van der Waals surface area contributed by atoms with Crippen LogP contribution in [0.25, 0.3) is 0 Å². The van der Waals surface area contributed by atoms with Crippen molar-refractivity contribution in [1.29, 1.82) is 0 Å². The molecule has 0 aliphatic heterocycles. The first-order valence-corrected chi connectivity index (χ1v) is 8.83. The van der Waals surface area contributed by atoms with Gasteiger partial charge < -0.3 is 39.0 Å². The largest absolute Gasteiger partial charge is 0.550 e. The Morgan fingerprint density at radius 2 is 0.962 bits per heavy atom. The van der Waals surface area contributed by atoms with E-state index in [1.165, 1.54) is 0 Å². The standard InChI is InChI=1S/2C6H16NO.C6H10O4/c2*1-6(8)5-7(2,3)4;7-5(8)3-1-2-4-6(9)10/h2*6,8H,5H2,1-4H3;1-4H2,(H,7,8)(H,9,10)/q2*+1;/p-2. The molecular weight excluding hydrogens is 340 g/mol. The van der Waals surface area contributed by atoms with Gasteiger partial charge in [-0.2, -0.15) is 0 Å². The average molecular weight is 381 g/mol. The van der Waals surface area contributed by atoms with E-state index in [0.29, 0.717) is 12.8 Å². The Kier molecular flexibility index (Phi) is 16.9. The van der Waals surface area contributed by atoms with Crippen molar-refractivity contribution in [2.24, 2.45) is 0 Å². The first-order chi connectivity index (χ1) is 11.5. The number of carbonyl (C=O) groups is 2. The van der Waals surface area contributed by atoms with Crippen LogP contribution < -0.4 is 10.2 Å². The molecule has 0 rings (SSSR count). The third-order valence-electron chi connectivity index (χ3n) is 2.64. The van der Waals surface area contributed by atoms with Crippen LogP contribution in [0.15, 0.2) is 0 Å². The highest BCUT2D eigenvalue weighted by molar-refractivity contribution is 5.65. The van der Waals surface area contributed by atoms with Crippen molar-refractivity contribution in [3.05, 3.63) is 0 Å². The highest BCUT2D eigenvalue weighted by atomic mass is 16.4. The molecule has 0 heterocycles. The molecule has 0 amide bonds. The molecule has 158 valence electrons. The Bertz CT molecular complexity index is 335. The summed E-state index contributed by atoms with van der Waals surface area (Å²) in [6.07, 6.45) is 0.165. The molecule has 0 saturated heterocycles. The van der Waals surface area contributed by atoms with Gasteiger partial charge in [0.15, 0.2) is 0 Å². The third-order valence-corrected chi connectivity index (χ3v) is 2.64. The van der Waals surface area contributed by atoms with Crippen molar-refractivity contribution < 1.29 is 39.0 Å². The van der Waals surface area contributed by atoms with E-state index in [9.17, 15) is 19.8 Å². The van der Waals surface area contributed by atoms with Gasteiger partial charge in [0, 0.05) is 11.9 Å².